The lowest BCUT2D eigenvalue weighted by atomic mass is 10.1. The Hall–Kier alpha value is -2.38. The lowest BCUT2D eigenvalue weighted by Crippen LogP contribution is -2.29. The average Bonchev–Trinajstić information content (AvgIpc) is 2.59. The van der Waals surface area contributed by atoms with Gasteiger partial charge >= 0.3 is 0 Å². The largest absolute Gasteiger partial charge is 0.508 e. The van der Waals surface area contributed by atoms with E-state index < -0.39 is 0 Å². The van der Waals surface area contributed by atoms with Crippen molar-refractivity contribution >= 4 is 17.9 Å². The van der Waals surface area contributed by atoms with Gasteiger partial charge in [-0.1, -0.05) is 19.9 Å². The summed E-state index contributed by atoms with van der Waals surface area (Å²) in [5.41, 5.74) is 1.05. The zero-order valence-corrected chi connectivity index (χ0v) is 17.3. The number of hydrogen-bond acceptors (Lipinski definition) is 6. The number of phenolic OH excluding ortho intramolecular Hbond substituents is 3. The highest BCUT2D eigenvalue weighted by atomic mass is 32.2. The lowest BCUT2D eigenvalue weighted by molar-refractivity contribution is 0.0951. The van der Waals surface area contributed by atoms with Crippen molar-refractivity contribution in [1.82, 2.24) is 9.62 Å². The third kappa shape index (κ3) is 6.65. The van der Waals surface area contributed by atoms with E-state index in [1.165, 1.54) is 18.0 Å². The number of nitrogens with zero attached hydrogens (tertiary/aromatic N) is 1. The molecule has 0 fully saturated rings. The van der Waals surface area contributed by atoms with Crippen LogP contribution in [0.1, 0.15) is 36.2 Å². The fourth-order valence-corrected chi connectivity index (χ4v) is 4.01. The number of phenols is 3. The molecular weight excluding hydrogens is 376 g/mol. The Morgan fingerprint density at radius 2 is 1.82 bits per heavy atom. The van der Waals surface area contributed by atoms with Gasteiger partial charge in [-0.25, -0.2) is 4.31 Å². The first-order valence-corrected chi connectivity index (χ1v) is 10.1. The zero-order chi connectivity index (χ0) is 20.7. The number of rotatable bonds is 9. The van der Waals surface area contributed by atoms with Crippen molar-refractivity contribution in [2.45, 2.75) is 32.1 Å². The van der Waals surface area contributed by atoms with Crippen LogP contribution in [0.3, 0.4) is 0 Å². The molecule has 0 aliphatic carbocycles. The van der Waals surface area contributed by atoms with Gasteiger partial charge in [0, 0.05) is 41.7 Å². The molecule has 0 aliphatic heterocycles. The van der Waals surface area contributed by atoms with Crippen molar-refractivity contribution in [2.75, 3.05) is 19.6 Å². The molecule has 0 saturated heterocycles. The van der Waals surface area contributed by atoms with Crippen LogP contribution >= 0.6 is 11.9 Å². The van der Waals surface area contributed by atoms with Gasteiger partial charge in [0.05, 0.1) is 0 Å². The Morgan fingerprint density at radius 1 is 1.14 bits per heavy atom. The lowest BCUT2D eigenvalue weighted by Gasteiger charge is -2.23. The number of nitrogens with one attached hydrogen (secondary N) is 1. The second-order valence-electron chi connectivity index (χ2n) is 7.12. The predicted octanol–water partition coefficient (Wildman–Crippen LogP) is 3.90. The van der Waals surface area contributed by atoms with Gasteiger partial charge < -0.3 is 20.6 Å². The Balaban J connectivity index is 1.89. The molecule has 152 valence electrons. The van der Waals surface area contributed by atoms with Crippen LogP contribution in [0.25, 0.3) is 0 Å². The van der Waals surface area contributed by atoms with Crippen LogP contribution in [-0.2, 0) is 0 Å². The Morgan fingerprint density at radius 3 is 2.46 bits per heavy atom. The normalized spacial score (nSPS) is 11.2. The van der Waals surface area contributed by atoms with E-state index in [9.17, 15) is 20.1 Å². The molecule has 0 aliphatic rings. The Labute approximate surface area is 170 Å². The van der Waals surface area contributed by atoms with Crippen molar-refractivity contribution in [3.05, 3.63) is 47.5 Å². The summed E-state index contributed by atoms with van der Waals surface area (Å²) in [4.78, 5) is 13.1. The molecule has 0 spiro atoms. The molecule has 0 aromatic heterocycles. The summed E-state index contributed by atoms with van der Waals surface area (Å²) in [5, 5.41) is 31.9. The van der Waals surface area contributed by atoms with Gasteiger partial charge in [0.2, 0.25) is 0 Å². The van der Waals surface area contributed by atoms with Crippen LogP contribution in [-0.4, -0.2) is 45.2 Å². The Bertz CT molecular complexity index is 791. The summed E-state index contributed by atoms with van der Waals surface area (Å²) in [5.74, 6) is 0.417. The Kier molecular flexibility index (Phi) is 8.02. The van der Waals surface area contributed by atoms with Crippen molar-refractivity contribution in [3.8, 4) is 17.2 Å². The quantitative estimate of drug-likeness (QED) is 0.374. The predicted molar refractivity (Wildman–Crippen MR) is 112 cm³/mol. The second kappa shape index (κ2) is 10.2. The molecule has 2 aromatic rings. The number of hydrogen-bond donors (Lipinski definition) is 4. The van der Waals surface area contributed by atoms with E-state index in [0.29, 0.717) is 23.6 Å². The van der Waals surface area contributed by atoms with E-state index in [4.69, 9.17) is 0 Å². The fraction of sp³-hybridized carbons (Fsp3) is 0.381. The van der Waals surface area contributed by atoms with E-state index in [1.54, 1.807) is 37.3 Å². The third-order valence-electron chi connectivity index (χ3n) is 4.10. The monoisotopic (exact) mass is 404 g/mol. The fourth-order valence-electron chi connectivity index (χ4n) is 2.77. The minimum absolute atomic E-state index is 0.0285. The number of aromatic hydroxyl groups is 3. The van der Waals surface area contributed by atoms with Crippen molar-refractivity contribution in [1.29, 1.82) is 0 Å². The summed E-state index contributed by atoms with van der Waals surface area (Å²) in [6.45, 7) is 8.05. The minimum Gasteiger partial charge on any atom is -0.508 e. The van der Waals surface area contributed by atoms with E-state index >= 15 is 0 Å². The smallest absolute Gasteiger partial charge is 0.251 e. The molecule has 7 heteroatoms. The molecule has 0 atom stereocenters. The first kappa shape index (κ1) is 21.9. The molecule has 28 heavy (non-hydrogen) atoms. The molecule has 2 rings (SSSR count). The molecule has 0 heterocycles. The molecule has 4 N–H and O–H groups in total. The van der Waals surface area contributed by atoms with Crippen LogP contribution in [0, 0.1) is 12.8 Å². The molecule has 1 amide bonds. The van der Waals surface area contributed by atoms with Gasteiger partial charge in [-0.2, -0.15) is 0 Å². The maximum Gasteiger partial charge on any atom is 0.251 e. The number of amides is 1. The van der Waals surface area contributed by atoms with Gasteiger partial charge in [-0.05, 0) is 55.5 Å². The highest BCUT2D eigenvalue weighted by molar-refractivity contribution is 7.97. The number of carbonyl (C=O) groups excluding carboxylic acids is 1. The first-order valence-electron chi connectivity index (χ1n) is 9.29. The summed E-state index contributed by atoms with van der Waals surface area (Å²) in [7, 11) is 0. The van der Waals surface area contributed by atoms with Crippen LogP contribution in [0.15, 0.2) is 41.3 Å². The van der Waals surface area contributed by atoms with E-state index in [2.05, 4.69) is 23.5 Å². The molecular formula is C21H28N2O4S. The first-order chi connectivity index (χ1) is 13.3. The van der Waals surface area contributed by atoms with Crippen LogP contribution in [0.5, 0.6) is 17.2 Å². The number of carbonyl (C=O) groups is 1. The van der Waals surface area contributed by atoms with Crippen LogP contribution < -0.4 is 5.32 Å². The van der Waals surface area contributed by atoms with Crippen molar-refractivity contribution in [2.24, 2.45) is 5.92 Å². The van der Waals surface area contributed by atoms with Gasteiger partial charge in [-0.15, -0.1) is 0 Å². The van der Waals surface area contributed by atoms with Gasteiger partial charge in [0.25, 0.3) is 5.91 Å². The van der Waals surface area contributed by atoms with Gasteiger partial charge in [0.15, 0.2) is 0 Å². The van der Waals surface area contributed by atoms with Crippen LogP contribution in [0.2, 0.25) is 0 Å². The molecule has 2 aromatic carbocycles. The summed E-state index contributed by atoms with van der Waals surface area (Å²) >= 11 is 1.47. The van der Waals surface area contributed by atoms with Gasteiger partial charge in [0.1, 0.15) is 17.2 Å². The molecule has 0 bridgehead atoms. The molecule has 6 nitrogen and oxygen atoms in total. The summed E-state index contributed by atoms with van der Waals surface area (Å²) in [6, 6.07) is 9.44. The third-order valence-corrected chi connectivity index (χ3v) is 5.14. The molecule has 0 unspecified atom stereocenters. The maximum absolute atomic E-state index is 12.3. The molecule has 0 radical (unpaired) electrons. The summed E-state index contributed by atoms with van der Waals surface area (Å²) in [6.07, 6.45) is 0.744. The topological polar surface area (TPSA) is 93.0 Å². The van der Waals surface area contributed by atoms with E-state index in [-0.39, 0.29) is 23.2 Å². The van der Waals surface area contributed by atoms with Gasteiger partial charge in [-0.3, -0.25) is 4.79 Å². The highest BCUT2D eigenvalue weighted by Crippen LogP contribution is 2.30. The minimum atomic E-state index is -0.200. The highest BCUT2D eigenvalue weighted by Gasteiger charge is 2.13. The second-order valence-corrected chi connectivity index (χ2v) is 8.29. The SMILES string of the molecule is Cc1c(O)cccc1C(=O)NCCCN(CC(C)C)Sc1cc(O)cc(O)c1. The standard InChI is InChI=1S/C21H28N2O4S/c1-14(2)13-23(28-18-11-16(24)10-17(25)12-18)9-5-8-22-21(27)19-6-4-7-20(26)15(19)3/h4,6-7,10-12,14,24-26H,5,8-9,13H2,1-3H3,(H,22,27). The van der Waals surface area contributed by atoms with Crippen molar-refractivity contribution < 1.29 is 20.1 Å². The number of benzene rings is 2. The maximum atomic E-state index is 12.3. The molecule has 0 saturated carbocycles. The zero-order valence-electron chi connectivity index (χ0n) is 16.5. The van der Waals surface area contributed by atoms with Crippen LogP contribution in [0.4, 0.5) is 0 Å². The van der Waals surface area contributed by atoms with E-state index in [1.807, 2.05) is 0 Å². The van der Waals surface area contributed by atoms with Crippen molar-refractivity contribution in [3.63, 3.8) is 0 Å². The summed E-state index contributed by atoms with van der Waals surface area (Å²) < 4.78 is 2.16. The van der Waals surface area contributed by atoms with E-state index in [0.717, 1.165) is 24.4 Å². The average molecular weight is 405 g/mol.